The summed E-state index contributed by atoms with van der Waals surface area (Å²) in [7, 11) is 1.80. The van der Waals surface area contributed by atoms with Crippen molar-refractivity contribution in [1.82, 2.24) is 9.55 Å². The molecule has 0 aliphatic heterocycles. The molecule has 0 saturated heterocycles. The van der Waals surface area contributed by atoms with Crippen molar-refractivity contribution in [2.45, 2.75) is 0 Å². The minimum atomic E-state index is -1.29. The number of hydrogen-bond acceptors (Lipinski definition) is 2. The van der Waals surface area contributed by atoms with Gasteiger partial charge < -0.3 is 19.8 Å². The highest BCUT2D eigenvalue weighted by Gasteiger charge is 2.27. The summed E-state index contributed by atoms with van der Waals surface area (Å²) in [6, 6.07) is 14.5. The van der Waals surface area contributed by atoms with Crippen molar-refractivity contribution in [2.24, 2.45) is 7.05 Å². The summed E-state index contributed by atoms with van der Waals surface area (Å²) < 4.78 is 1.79. The van der Waals surface area contributed by atoms with E-state index >= 15 is 0 Å². The molecule has 4 aromatic rings. The van der Waals surface area contributed by atoms with Crippen molar-refractivity contribution >= 4 is 44.9 Å². The summed E-state index contributed by atoms with van der Waals surface area (Å²) >= 11 is 0. The van der Waals surface area contributed by atoms with Crippen molar-refractivity contribution in [3.63, 3.8) is 0 Å². The van der Waals surface area contributed by atoms with Crippen LogP contribution in [0, 0.1) is 0 Å². The fourth-order valence-electron chi connectivity index (χ4n) is 3.53. The van der Waals surface area contributed by atoms with Crippen LogP contribution in [0.1, 0.15) is 11.1 Å². The third-order valence-corrected chi connectivity index (χ3v) is 4.70. The summed E-state index contributed by atoms with van der Waals surface area (Å²) in [5.41, 5.74) is 1.83. The van der Waals surface area contributed by atoms with Crippen LogP contribution in [0.2, 0.25) is 0 Å². The van der Waals surface area contributed by atoms with Gasteiger partial charge in [-0.1, -0.05) is 36.4 Å². The Morgan fingerprint density at radius 2 is 1.44 bits per heavy atom. The molecule has 0 radical (unpaired) electrons. The molecule has 2 aromatic heterocycles. The number of carbonyl (C=O) groups is 2. The number of carboxylic acid groups (broad SMARTS) is 2. The van der Waals surface area contributed by atoms with Crippen LogP contribution in [0.15, 0.2) is 60.9 Å². The number of fused-ring (bicyclic) bond motifs is 2. The topological polar surface area (TPSA) is 95.3 Å². The molecule has 0 unspecified atom stereocenters. The van der Waals surface area contributed by atoms with E-state index in [0.29, 0.717) is 21.9 Å². The smallest absolute Gasteiger partial charge is 0.337 e. The minimum absolute atomic E-state index is 0.232. The van der Waals surface area contributed by atoms with Crippen LogP contribution in [0.25, 0.3) is 33.0 Å². The highest BCUT2D eigenvalue weighted by atomic mass is 16.4. The third-order valence-electron chi connectivity index (χ3n) is 4.70. The van der Waals surface area contributed by atoms with Crippen LogP contribution in [-0.4, -0.2) is 31.7 Å². The molecule has 0 bridgehead atoms. The molecule has 2 aromatic carbocycles. The van der Waals surface area contributed by atoms with E-state index in [0.717, 1.165) is 11.0 Å². The van der Waals surface area contributed by atoms with E-state index in [9.17, 15) is 19.8 Å². The second-order valence-electron chi connectivity index (χ2n) is 6.28. The molecule has 6 heteroatoms. The van der Waals surface area contributed by atoms with E-state index in [4.69, 9.17) is 0 Å². The van der Waals surface area contributed by atoms with Gasteiger partial charge in [0, 0.05) is 52.4 Å². The van der Waals surface area contributed by atoms with Gasteiger partial charge in [-0.3, -0.25) is 0 Å². The van der Waals surface area contributed by atoms with Gasteiger partial charge in [0.15, 0.2) is 0 Å². The Morgan fingerprint density at radius 3 is 2.15 bits per heavy atom. The molecule has 27 heavy (non-hydrogen) atoms. The molecule has 4 rings (SSSR count). The molecule has 0 aliphatic carbocycles. The first-order chi connectivity index (χ1) is 13.0. The van der Waals surface area contributed by atoms with E-state index in [-0.39, 0.29) is 11.1 Å². The standard InChI is InChI=1S/C21H16N2O4/c1-23-11-15(13-7-3-5-9-17(13)23)19(21(26)27)18(20(24)25)14-10-22-16-8-4-2-6-12(14)16/h2-11,22H,1H3,(H,24,25)(H,26,27)/b19-18-. The van der Waals surface area contributed by atoms with Gasteiger partial charge >= 0.3 is 11.9 Å². The Bertz CT molecular complexity index is 1240. The summed E-state index contributed by atoms with van der Waals surface area (Å²) in [6.07, 6.45) is 3.20. The maximum absolute atomic E-state index is 12.2. The number of rotatable bonds is 4. The van der Waals surface area contributed by atoms with Crippen LogP contribution >= 0.6 is 0 Å². The number of aromatic amines is 1. The van der Waals surface area contributed by atoms with Crippen molar-refractivity contribution in [3.05, 3.63) is 72.1 Å². The summed E-state index contributed by atoms with van der Waals surface area (Å²) in [5.74, 6) is -2.57. The van der Waals surface area contributed by atoms with E-state index in [1.807, 2.05) is 24.3 Å². The second kappa shape index (κ2) is 6.17. The van der Waals surface area contributed by atoms with Crippen LogP contribution in [-0.2, 0) is 16.6 Å². The Kier molecular flexibility index (Phi) is 3.81. The first-order valence-corrected chi connectivity index (χ1v) is 8.31. The minimum Gasteiger partial charge on any atom is -0.478 e. The zero-order chi connectivity index (χ0) is 19.1. The average Bonchev–Trinajstić information content (AvgIpc) is 3.21. The summed E-state index contributed by atoms with van der Waals surface area (Å²) in [4.78, 5) is 27.4. The molecule has 0 saturated carbocycles. The van der Waals surface area contributed by atoms with Crippen LogP contribution in [0.3, 0.4) is 0 Å². The molecular weight excluding hydrogens is 344 g/mol. The van der Waals surface area contributed by atoms with Crippen molar-refractivity contribution in [2.75, 3.05) is 0 Å². The Hall–Kier alpha value is -3.80. The van der Waals surface area contributed by atoms with Gasteiger partial charge in [-0.05, 0) is 12.1 Å². The van der Waals surface area contributed by atoms with Crippen LogP contribution in [0.5, 0.6) is 0 Å². The van der Waals surface area contributed by atoms with E-state index < -0.39 is 11.9 Å². The number of hydrogen-bond donors (Lipinski definition) is 3. The Morgan fingerprint density at radius 1 is 0.852 bits per heavy atom. The van der Waals surface area contributed by atoms with Crippen LogP contribution in [0.4, 0.5) is 0 Å². The lowest BCUT2D eigenvalue weighted by Crippen LogP contribution is -2.09. The number of nitrogens with zero attached hydrogens (tertiary/aromatic N) is 1. The van der Waals surface area contributed by atoms with E-state index in [1.54, 1.807) is 48.3 Å². The predicted octanol–water partition coefficient (Wildman–Crippen LogP) is 3.74. The summed E-state index contributed by atoms with van der Waals surface area (Å²) in [6.45, 7) is 0. The largest absolute Gasteiger partial charge is 0.478 e. The number of H-pyrrole nitrogens is 1. The van der Waals surface area contributed by atoms with Gasteiger partial charge in [0.25, 0.3) is 0 Å². The fourth-order valence-corrected chi connectivity index (χ4v) is 3.53. The lowest BCUT2D eigenvalue weighted by atomic mass is 9.94. The lowest BCUT2D eigenvalue weighted by molar-refractivity contribution is -0.132. The molecular formula is C21H16N2O4. The van der Waals surface area contributed by atoms with Gasteiger partial charge in [0.1, 0.15) is 0 Å². The lowest BCUT2D eigenvalue weighted by Gasteiger charge is -2.08. The highest BCUT2D eigenvalue weighted by Crippen LogP contribution is 2.35. The molecule has 3 N–H and O–H groups in total. The first kappa shape index (κ1) is 16.7. The maximum atomic E-state index is 12.2. The zero-order valence-electron chi connectivity index (χ0n) is 14.4. The monoisotopic (exact) mass is 360 g/mol. The molecule has 0 aliphatic rings. The van der Waals surface area contributed by atoms with Crippen molar-refractivity contribution in [3.8, 4) is 0 Å². The van der Waals surface area contributed by atoms with Gasteiger partial charge in [0.05, 0.1) is 11.1 Å². The van der Waals surface area contributed by atoms with E-state index in [1.165, 1.54) is 0 Å². The van der Waals surface area contributed by atoms with Gasteiger partial charge in [0.2, 0.25) is 0 Å². The van der Waals surface area contributed by atoms with Gasteiger partial charge in [-0.2, -0.15) is 0 Å². The first-order valence-electron chi connectivity index (χ1n) is 8.31. The Labute approximate surface area is 154 Å². The molecule has 134 valence electrons. The molecule has 0 fully saturated rings. The Balaban J connectivity index is 2.12. The predicted molar refractivity (Wildman–Crippen MR) is 103 cm³/mol. The normalized spacial score (nSPS) is 12.3. The number of nitrogens with one attached hydrogen (secondary N) is 1. The SMILES string of the molecule is Cn1cc(/C(C(=O)O)=C(/C(=O)O)c2c[nH]c3ccccc23)c2ccccc21. The van der Waals surface area contributed by atoms with Gasteiger partial charge in [-0.15, -0.1) is 0 Å². The fraction of sp³-hybridized carbons (Fsp3) is 0.0476. The van der Waals surface area contributed by atoms with E-state index in [2.05, 4.69) is 4.98 Å². The maximum Gasteiger partial charge on any atom is 0.337 e. The molecule has 6 nitrogen and oxygen atoms in total. The third kappa shape index (κ3) is 2.58. The second-order valence-corrected chi connectivity index (χ2v) is 6.28. The van der Waals surface area contributed by atoms with Crippen LogP contribution < -0.4 is 0 Å². The summed E-state index contributed by atoms with van der Waals surface area (Å²) in [5, 5.41) is 21.2. The number of aromatic nitrogens is 2. The van der Waals surface area contributed by atoms with Crippen molar-refractivity contribution < 1.29 is 19.8 Å². The molecule has 0 amide bonds. The van der Waals surface area contributed by atoms with Gasteiger partial charge in [-0.25, -0.2) is 9.59 Å². The number of carboxylic acids is 2. The average molecular weight is 360 g/mol. The number of para-hydroxylation sites is 2. The number of benzene rings is 2. The van der Waals surface area contributed by atoms with Crippen molar-refractivity contribution in [1.29, 1.82) is 0 Å². The molecule has 0 spiro atoms. The molecule has 2 heterocycles. The quantitative estimate of drug-likeness (QED) is 0.483. The number of aliphatic carboxylic acids is 2. The highest BCUT2D eigenvalue weighted by molar-refractivity contribution is 6.39. The molecule has 0 atom stereocenters. The zero-order valence-corrected chi connectivity index (χ0v) is 14.4. The number of aryl methyl sites for hydroxylation is 1.